The van der Waals surface area contributed by atoms with E-state index in [4.69, 9.17) is 27.9 Å². The number of hydrogen-bond acceptors (Lipinski definition) is 2. The lowest BCUT2D eigenvalue weighted by Crippen LogP contribution is -2.07. The number of hydrogen-bond donors (Lipinski definition) is 1. The second-order valence-electron chi connectivity index (χ2n) is 4.38. The Morgan fingerprint density at radius 3 is 2.55 bits per heavy atom. The molecule has 2 rings (SSSR count). The normalized spacial score (nSPS) is 12.1. The highest BCUT2D eigenvalue weighted by Gasteiger charge is 2.12. The molecule has 0 bridgehead atoms. The average molecular weight is 375 g/mol. The zero-order valence-electron chi connectivity index (χ0n) is 11.1. The largest absolute Gasteiger partial charge is 0.497 e. The number of benzene rings is 2. The van der Waals surface area contributed by atoms with Crippen molar-refractivity contribution in [2.75, 3.05) is 12.4 Å². The van der Waals surface area contributed by atoms with Gasteiger partial charge in [-0.2, -0.15) is 0 Å². The first-order valence-corrected chi connectivity index (χ1v) is 7.61. The third-order valence-corrected chi connectivity index (χ3v) is 4.23. The summed E-state index contributed by atoms with van der Waals surface area (Å²) in [6.07, 6.45) is 0. The van der Waals surface area contributed by atoms with Crippen LogP contribution in [0.3, 0.4) is 0 Å². The minimum Gasteiger partial charge on any atom is -0.497 e. The van der Waals surface area contributed by atoms with Crippen LogP contribution in [0, 0.1) is 0 Å². The zero-order chi connectivity index (χ0) is 14.7. The van der Waals surface area contributed by atoms with Gasteiger partial charge >= 0.3 is 0 Å². The summed E-state index contributed by atoms with van der Waals surface area (Å²) < 4.78 is 6.20. The maximum absolute atomic E-state index is 6.23. The van der Waals surface area contributed by atoms with Crippen LogP contribution in [0.5, 0.6) is 5.75 Å². The number of methoxy groups -OCH3 is 1. The Bertz CT molecular complexity index is 619. The molecule has 1 atom stereocenters. The standard InChI is InChI=1S/C15H14BrCl2NO/c1-9(12-5-3-10(17)7-14(12)18)19-15-8-11(20-2)4-6-13(15)16/h3-9,19H,1-2H3. The van der Waals surface area contributed by atoms with Gasteiger partial charge in [0.25, 0.3) is 0 Å². The quantitative estimate of drug-likeness (QED) is 0.715. The van der Waals surface area contributed by atoms with Crippen molar-refractivity contribution in [3.05, 3.63) is 56.5 Å². The lowest BCUT2D eigenvalue weighted by atomic mass is 10.1. The second-order valence-corrected chi connectivity index (χ2v) is 6.08. The molecule has 0 aromatic heterocycles. The van der Waals surface area contributed by atoms with Crippen molar-refractivity contribution in [2.24, 2.45) is 0 Å². The van der Waals surface area contributed by atoms with Crippen LogP contribution in [-0.4, -0.2) is 7.11 Å². The molecule has 2 aromatic carbocycles. The van der Waals surface area contributed by atoms with E-state index in [1.54, 1.807) is 13.2 Å². The maximum Gasteiger partial charge on any atom is 0.121 e. The molecule has 0 radical (unpaired) electrons. The van der Waals surface area contributed by atoms with Gasteiger partial charge in [-0.25, -0.2) is 0 Å². The number of ether oxygens (including phenoxy) is 1. The SMILES string of the molecule is COc1ccc(Br)c(NC(C)c2ccc(Cl)cc2Cl)c1. The molecule has 0 spiro atoms. The van der Waals surface area contributed by atoms with Gasteiger partial charge in [-0.3, -0.25) is 0 Å². The third kappa shape index (κ3) is 3.60. The third-order valence-electron chi connectivity index (χ3n) is 2.97. The van der Waals surface area contributed by atoms with Crippen LogP contribution in [0.15, 0.2) is 40.9 Å². The van der Waals surface area contributed by atoms with Crippen LogP contribution in [0.2, 0.25) is 10.0 Å². The van der Waals surface area contributed by atoms with Crippen LogP contribution >= 0.6 is 39.1 Å². The van der Waals surface area contributed by atoms with Gasteiger partial charge in [-0.05, 0) is 52.7 Å². The zero-order valence-corrected chi connectivity index (χ0v) is 14.2. The Morgan fingerprint density at radius 1 is 1.15 bits per heavy atom. The molecular weight excluding hydrogens is 361 g/mol. The van der Waals surface area contributed by atoms with Gasteiger partial charge in [0.1, 0.15) is 5.75 Å². The molecule has 0 saturated carbocycles. The fourth-order valence-corrected chi connectivity index (χ4v) is 2.84. The Morgan fingerprint density at radius 2 is 1.90 bits per heavy atom. The molecule has 0 saturated heterocycles. The van der Waals surface area contributed by atoms with E-state index in [1.807, 2.05) is 37.3 Å². The molecule has 5 heteroatoms. The molecule has 2 nitrogen and oxygen atoms in total. The fourth-order valence-electron chi connectivity index (χ4n) is 1.91. The summed E-state index contributed by atoms with van der Waals surface area (Å²) >= 11 is 15.7. The predicted octanol–water partition coefficient (Wildman–Crippen LogP) is 5.94. The summed E-state index contributed by atoms with van der Waals surface area (Å²) in [6, 6.07) is 11.3. The second kappa shape index (κ2) is 6.70. The van der Waals surface area contributed by atoms with Crippen LogP contribution in [0.4, 0.5) is 5.69 Å². The van der Waals surface area contributed by atoms with E-state index in [0.717, 1.165) is 21.5 Å². The van der Waals surface area contributed by atoms with Crippen molar-refractivity contribution in [3.63, 3.8) is 0 Å². The van der Waals surface area contributed by atoms with Crippen LogP contribution in [0.25, 0.3) is 0 Å². The van der Waals surface area contributed by atoms with Crippen LogP contribution in [0.1, 0.15) is 18.5 Å². The molecule has 2 aromatic rings. The van der Waals surface area contributed by atoms with Crippen LogP contribution < -0.4 is 10.1 Å². The van der Waals surface area contributed by atoms with E-state index < -0.39 is 0 Å². The molecule has 0 aliphatic rings. The van der Waals surface area contributed by atoms with Crippen LogP contribution in [-0.2, 0) is 0 Å². The van der Waals surface area contributed by atoms with Gasteiger partial charge in [-0.1, -0.05) is 29.3 Å². The summed E-state index contributed by atoms with van der Waals surface area (Å²) in [4.78, 5) is 0. The maximum atomic E-state index is 6.23. The summed E-state index contributed by atoms with van der Waals surface area (Å²) in [5.74, 6) is 0.796. The van der Waals surface area contributed by atoms with Crippen molar-refractivity contribution in [1.29, 1.82) is 0 Å². The number of rotatable bonds is 4. The van der Waals surface area contributed by atoms with Crippen molar-refractivity contribution in [1.82, 2.24) is 0 Å². The Hall–Kier alpha value is -0.900. The molecule has 1 N–H and O–H groups in total. The summed E-state index contributed by atoms with van der Waals surface area (Å²) in [7, 11) is 1.65. The van der Waals surface area contributed by atoms with Gasteiger partial charge in [0, 0.05) is 20.6 Å². The lowest BCUT2D eigenvalue weighted by Gasteiger charge is -2.18. The molecule has 0 fully saturated rings. The Labute approximate surface area is 137 Å². The highest BCUT2D eigenvalue weighted by molar-refractivity contribution is 9.10. The van der Waals surface area contributed by atoms with Gasteiger partial charge < -0.3 is 10.1 Å². The first-order valence-electron chi connectivity index (χ1n) is 6.06. The summed E-state index contributed by atoms with van der Waals surface area (Å²) in [6.45, 7) is 2.04. The number of halogens is 3. The molecule has 0 heterocycles. The number of anilines is 1. The van der Waals surface area contributed by atoms with Crippen molar-refractivity contribution >= 4 is 44.8 Å². The van der Waals surface area contributed by atoms with E-state index in [2.05, 4.69) is 21.2 Å². The molecule has 0 amide bonds. The first kappa shape index (κ1) is 15.5. The molecule has 106 valence electrons. The summed E-state index contributed by atoms with van der Waals surface area (Å²) in [5, 5.41) is 4.69. The number of nitrogens with one attached hydrogen (secondary N) is 1. The fraction of sp³-hybridized carbons (Fsp3) is 0.200. The van der Waals surface area contributed by atoms with Gasteiger partial charge in [0.15, 0.2) is 0 Å². The van der Waals surface area contributed by atoms with Gasteiger partial charge in [-0.15, -0.1) is 0 Å². The minimum atomic E-state index is 0.0446. The van der Waals surface area contributed by atoms with Gasteiger partial charge in [0.05, 0.1) is 18.8 Å². The molecule has 20 heavy (non-hydrogen) atoms. The van der Waals surface area contributed by atoms with E-state index in [0.29, 0.717) is 10.0 Å². The highest BCUT2D eigenvalue weighted by Crippen LogP contribution is 2.32. The van der Waals surface area contributed by atoms with Crippen molar-refractivity contribution < 1.29 is 4.74 Å². The molecular formula is C15H14BrCl2NO. The van der Waals surface area contributed by atoms with E-state index >= 15 is 0 Å². The smallest absolute Gasteiger partial charge is 0.121 e. The van der Waals surface area contributed by atoms with Crippen molar-refractivity contribution in [2.45, 2.75) is 13.0 Å². The van der Waals surface area contributed by atoms with E-state index in [9.17, 15) is 0 Å². The monoisotopic (exact) mass is 373 g/mol. The highest BCUT2D eigenvalue weighted by atomic mass is 79.9. The van der Waals surface area contributed by atoms with E-state index in [-0.39, 0.29) is 6.04 Å². The van der Waals surface area contributed by atoms with E-state index in [1.165, 1.54) is 0 Å². The molecule has 0 aliphatic carbocycles. The lowest BCUT2D eigenvalue weighted by molar-refractivity contribution is 0.415. The minimum absolute atomic E-state index is 0.0446. The Balaban J connectivity index is 2.25. The summed E-state index contributed by atoms with van der Waals surface area (Å²) in [5.41, 5.74) is 1.94. The molecule has 1 unspecified atom stereocenters. The topological polar surface area (TPSA) is 21.3 Å². The predicted molar refractivity (Wildman–Crippen MR) is 89.2 cm³/mol. The first-order chi connectivity index (χ1) is 9.51. The average Bonchev–Trinajstić information content (AvgIpc) is 2.41. The van der Waals surface area contributed by atoms with Crippen molar-refractivity contribution in [3.8, 4) is 5.75 Å². The Kier molecular flexibility index (Phi) is 5.19. The molecule has 0 aliphatic heterocycles. The van der Waals surface area contributed by atoms with Gasteiger partial charge in [0.2, 0.25) is 0 Å².